The summed E-state index contributed by atoms with van der Waals surface area (Å²) in [5.74, 6) is -0.127. The van der Waals surface area contributed by atoms with Gasteiger partial charge in [-0.05, 0) is 24.0 Å². The first-order valence-electron chi connectivity index (χ1n) is 5.50. The predicted molar refractivity (Wildman–Crippen MR) is 63.2 cm³/mol. The maximum absolute atomic E-state index is 11.8. The highest BCUT2D eigenvalue weighted by atomic mass is 16.3. The first kappa shape index (κ1) is 12.8. The van der Waals surface area contributed by atoms with E-state index in [2.05, 4.69) is 10.3 Å². The summed E-state index contributed by atoms with van der Waals surface area (Å²) in [6.45, 7) is 6.21. The fourth-order valence-electron chi connectivity index (χ4n) is 1.56. The van der Waals surface area contributed by atoms with E-state index in [0.717, 1.165) is 0 Å². The van der Waals surface area contributed by atoms with Crippen LogP contribution in [0, 0.1) is 5.41 Å². The Kier molecular flexibility index (Phi) is 4.12. The van der Waals surface area contributed by atoms with Gasteiger partial charge in [0.25, 0.3) is 5.91 Å². The lowest BCUT2D eigenvalue weighted by Gasteiger charge is -2.30. The van der Waals surface area contributed by atoms with Gasteiger partial charge in [-0.2, -0.15) is 0 Å². The number of H-pyrrole nitrogens is 1. The number of aromatic nitrogens is 1. The van der Waals surface area contributed by atoms with E-state index in [1.54, 1.807) is 18.3 Å². The van der Waals surface area contributed by atoms with Crippen LogP contribution in [-0.4, -0.2) is 28.6 Å². The van der Waals surface area contributed by atoms with Gasteiger partial charge in [0.2, 0.25) is 0 Å². The van der Waals surface area contributed by atoms with Gasteiger partial charge in [-0.3, -0.25) is 4.79 Å². The number of hydrogen-bond acceptors (Lipinski definition) is 2. The van der Waals surface area contributed by atoms with Gasteiger partial charge in [0.15, 0.2) is 0 Å². The molecule has 0 aromatic carbocycles. The molecule has 4 nitrogen and oxygen atoms in total. The number of carbonyl (C=O) groups excluding carboxylic acids is 1. The van der Waals surface area contributed by atoms with Crippen LogP contribution in [0.2, 0.25) is 0 Å². The van der Waals surface area contributed by atoms with E-state index in [1.807, 2.05) is 20.8 Å². The molecule has 90 valence electrons. The van der Waals surface area contributed by atoms with Gasteiger partial charge in [-0.1, -0.05) is 20.8 Å². The quantitative estimate of drug-likeness (QED) is 0.726. The predicted octanol–water partition coefficient (Wildman–Crippen LogP) is 1.54. The number of amides is 1. The van der Waals surface area contributed by atoms with Crippen molar-refractivity contribution in [3.8, 4) is 0 Å². The second kappa shape index (κ2) is 5.16. The van der Waals surface area contributed by atoms with Crippen molar-refractivity contribution in [2.24, 2.45) is 5.41 Å². The summed E-state index contributed by atoms with van der Waals surface area (Å²) < 4.78 is 0. The monoisotopic (exact) mass is 224 g/mol. The van der Waals surface area contributed by atoms with E-state index >= 15 is 0 Å². The van der Waals surface area contributed by atoms with E-state index in [4.69, 9.17) is 5.11 Å². The van der Waals surface area contributed by atoms with Crippen molar-refractivity contribution in [3.05, 3.63) is 24.0 Å². The van der Waals surface area contributed by atoms with Gasteiger partial charge in [0, 0.05) is 18.8 Å². The molecule has 0 aliphatic heterocycles. The van der Waals surface area contributed by atoms with Crippen molar-refractivity contribution >= 4 is 5.91 Å². The molecule has 0 bridgehead atoms. The molecule has 0 aliphatic rings. The van der Waals surface area contributed by atoms with Crippen LogP contribution in [0.4, 0.5) is 0 Å². The number of nitrogens with one attached hydrogen (secondary N) is 2. The summed E-state index contributed by atoms with van der Waals surface area (Å²) in [4.78, 5) is 14.7. The van der Waals surface area contributed by atoms with Crippen molar-refractivity contribution in [1.29, 1.82) is 0 Å². The van der Waals surface area contributed by atoms with Crippen molar-refractivity contribution < 1.29 is 9.90 Å². The minimum absolute atomic E-state index is 0.0340. The standard InChI is InChI=1S/C12H20N2O2/c1-12(2,3)10(6-8-15)14-11(16)9-5-4-7-13-9/h4-5,7,10,13,15H,6,8H2,1-3H3,(H,14,16). The Labute approximate surface area is 96.1 Å². The van der Waals surface area contributed by atoms with Crippen LogP contribution in [0.1, 0.15) is 37.7 Å². The Hall–Kier alpha value is -1.29. The third-order valence-electron chi connectivity index (χ3n) is 2.61. The van der Waals surface area contributed by atoms with Crippen LogP contribution in [0.25, 0.3) is 0 Å². The molecule has 0 aliphatic carbocycles. The molecule has 16 heavy (non-hydrogen) atoms. The van der Waals surface area contributed by atoms with Crippen molar-refractivity contribution in [2.75, 3.05) is 6.61 Å². The second-order valence-electron chi connectivity index (χ2n) is 4.99. The molecule has 0 saturated heterocycles. The summed E-state index contributed by atoms with van der Waals surface area (Å²) in [6.07, 6.45) is 2.28. The van der Waals surface area contributed by atoms with Crippen LogP contribution >= 0.6 is 0 Å². The fraction of sp³-hybridized carbons (Fsp3) is 0.583. The lowest BCUT2D eigenvalue weighted by Crippen LogP contribution is -2.44. The van der Waals surface area contributed by atoms with Gasteiger partial charge in [-0.25, -0.2) is 0 Å². The molecule has 3 N–H and O–H groups in total. The van der Waals surface area contributed by atoms with Crippen LogP contribution < -0.4 is 5.32 Å². The minimum Gasteiger partial charge on any atom is -0.396 e. The normalized spacial score (nSPS) is 13.5. The van der Waals surface area contributed by atoms with Crippen LogP contribution in [0.5, 0.6) is 0 Å². The average Bonchev–Trinajstić information content (AvgIpc) is 2.68. The van der Waals surface area contributed by atoms with E-state index < -0.39 is 0 Å². The van der Waals surface area contributed by atoms with E-state index in [9.17, 15) is 4.79 Å². The third kappa shape index (κ3) is 3.38. The molecule has 0 fully saturated rings. The fourth-order valence-corrected chi connectivity index (χ4v) is 1.56. The number of rotatable bonds is 4. The van der Waals surface area contributed by atoms with Gasteiger partial charge >= 0.3 is 0 Å². The highest BCUT2D eigenvalue weighted by Gasteiger charge is 2.26. The van der Waals surface area contributed by atoms with Crippen molar-refractivity contribution in [2.45, 2.75) is 33.2 Å². The van der Waals surface area contributed by atoms with Crippen molar-refractivity contribution in [3.63, 3.8) is 0 Å². The molecule has 4 heteroatoms. The summed E-state index contributed by atoms with van der Waals surface area (Å²) in [5.41, 5.74) is 0.484. The summed E-state index contributed by atoms with van der Waals surface area (Å²) in [5, 5.41) is 11.9. The molecule has 1 aromatic rings. The Morgan fingerprint density at radius 3 is 2.69 bits per heavy atom. The van der Waals surface area contributed by atoms with Gasteiger partial charge in [-0.15, -0.1) is 0 Å². The zero-order valence-electron chi connectivity index (χ0n) is 10.1. The number of hydrogen-bond donors (Lipinski definition) is 3. The highest BCUT2D eigenvalue weighted by molar-refractivity contribution is 5.92. The first-order valence-corrected chi connectivity index (χ1v) is 5.50. The summed E-state index contributed by atoms with van der Waals surface area (Å²) in [7, 11) is 0. The number of carbonyl (C=O) groups is 1. The van der Waals surface area contributed by atoms with E-state index in [-0.39, 0.29) is 24.0 Å². The van der Waals surface area contributed by atoms with Gasteiger partial charge in [0.1, 0.15) is 5.69 Å². The first-order chi connectivity index (χ1) is 7.45. The molecule has 1 aromatic heterocycles. The maximum Gasteiger partial charge on any atom is 0.267 e. The zero-order chi connectivity index (χ0) is 12.2. The minimum atomic E-state index is -0.127. The zero-order valence-corrected chi connectivity index (χ0v) is 10.1. The molecule has 0 saturated carbocycles. The van der Waals surface area contributed by atoms with E-state index in [1.165, 1.54) is 0 Å². The Bertz CT molecular complexity index is 325. The Morgan fingerprint density at radius 1 is 1.56 bits per heavy atom. The van der Waals surface area contributed by atoms with Crippen LogP contribution in [-0.2, 0) is 0 Å². The summed E-state index contributed by atoms with van der Waals surface area (Å²) >= 11 is 0. The Morgan fingerprint density at radius 2 is 2.25 bits per heavy atom. The molecular weight excluding hydrogens is 204 g/mol. The topological polar surface area (TPSA) is 65.1 Å². The van der Waals surface area contributed by atoms with Crippen molar-refractivity contribution in [1.82, 2.24) is 10.3 Å². The third-order valence-corrected chi connectivity index (χ3v) is 2.61. The smallest absolute Gasteiger partial charge is 0.267 e. The molecule has 1 atom stereocenters. The molecule has 0 spiro atoms. The number of aromatic amines is 1. The van der Waals surface area contributed by atoms with E-state index in [0.29, 0.717) is 12.1 Å². The molecule has 0 radical (unpaired) electrons. The lowest BCUT2D eigenvalue weighted by atomic mass is 9.85. The lowest BCUT2D eigenvalue weighted by molar-refractivity contribution is 0.0880. The maximum atomic E-state index is 11.8. The molecule has 1 unspecified atom stereocenters. The van der Waals surface area contributed by atoms with Gasteiger partial charge < -0.3 is 15.4 Å². The number of aliphatic hydroxyl groups is 1. The second-order valence-corrected chi connectivity index (χ2v) is 4.99. The largest absolute Gasteiger partial charge is 0.396 e. The molecule has 1 heterocycles. The van der Waals surface area contributed by atoms with Crippen LogP contribution in [0.15, 0.2) is 18.3 Å². The highest BCUT2D eigenvalue weighted by Crippen LogP contribution is 2.21. The SMILES string of the molecule is CC(C)(C)C(CCO)NC(=O)c1ccc[nH]1. The molecular formula is C12H20N2O2. The number of aliphatic hydroxyl groups excluding tert-OH is 1. The van der Waals surface area contributed by atoms with Crippen LogP contribution in [0.3, 0.4) is 0 Å². The molecule has 1 rings (SSSR count). The van der Waals surface area contributed by atoms with Gasteiger partial charge in [0.05, 0.1) is 0 Å². The average molecular weight is 224 g/mol. The molecule has 1 amide bonds. The Balaban J connectivity index is 2.66. The summed E-state index contributed by atoms with van der Waals surface area (Å²) in [6, 6.07) is 3.48.